The summed E-state index contributed by atoms with van der Waals surface area (Å²) in [5, 5.41) is 6.18. The van der Waals surface area contributed by atoms with Gasteiger partial charge in [0, 0.05) is 0 Å². The third-order valence-corrected chi connectivity index (χ3v) is 3.74. The zero-order valence-electron chi connectivity index (χ0n) is 10.3. The SMILES string of the molecule is COc1ncnc2c1NC(=O)C1(CCCCC1)N2. The number of hydrogen-bond acceptors (Lipinski definition) is 5. The number of fused-ring (bicyclic) bond motifs is 1. The number of nitrogens with one attached hydrogen (secondary N) is 2. The first-order chi connectivity index (χ1) is 8.75. The maximum absolute atomic E-state index is 12.3. The van der Waals surface area contributed by atoms with Crippen LogP contribution in [0.4, 0.5) is 11.5 Å². The largest absolute Gasteiger partial charge is 0.479 e. The highest BCUT2D eigenvalue weighted by atomic mass is 16.5. The fourth-order valence-corrected chi connectivity index (χ4v) is 2.76. The Balaban J connectivity index is 1.99. The molecule has 96 valence electrons. The van der Waals surface area contributed by atoms with E-state index in [1.54, 1.807) is 0 Å². The molecule has 0 bridgehead atoms. The number of ether oxygens (including phenoxy) is 1. The molecule has 18 heavy (non-hydrogen) atoms. The highest BCUT2D eigenvalue weighted by molar-refractivity contribution is 6.06. The van der Waals surface area contributed by atoms with Crippen molar-refractivity contribution in [3.05, 3.63) is 6.33 Å². The molecule has 1 aromatic heterocycles. The van der Waals surface area contributed by atoms with Gasteiger partial charge in [-0.2, -0.15) is 4.98 Å². The van der Waals surface area contributed by atoms with E-state index in [2.05, 4.69) is 20.6 Å². The monoisotopic (exact) mass is 248 g/mol. The van der Waals surface area contributed by atoms with E-state index < -0.39 is 5.54 Å². The standard InChI is InChI=1S/C12H16N4O2/c1-18-10-8-9(13-7-14-10)16-12(11(17)15-8)5-3-2-4-6-12/h7H,2-6H2,1H3,(H,15,17)(H,13,14,16). The van der Waals surface area contributed by atoms with Crippen LogP contribution in [0.1, 0.15) is 32.1 Å². The summed E-state index contributed by atoms with van der Waals surface area (Å²) in [6, 6.07) is 0. The van der Waals surface area contributed by atoms with Crippen molar-refractivity contribution in [2.75, 3.05) is 17.7 Å². The molecular formula is C12H16N4O2. The van der Waals surface area contributed by atoms with E-state index in [4.69, 9.17) is 4.74 Å². The van der Waals surface area contributed by atoms with Crippen LogP contribution < -0.4 is 15.4 Å². The molecule has 0 radical (unpaired) electrons. The first-order valence-corrected chi connectivity index (χ1v) is 6.24. The lowest BCUT2D eigenvalue weighted by molar-refractivity contribution is -0.121. The lowest BCUT2D eigenvalue weighted by Gasteiger charge is -2.40. The molecule has 1 saturated carbocycles. The fourth-order valence-electron chi connectivity index (χ4n) is 2.76. The van der Waals surface area contributed by atoms with Crippen LogP contribution >= 0.6 is 0 Å². The highest BCUT2D eigenvalue weighted by Crippen LogP contribution is 2.40. The number of anilines is 2. The van der Waals surface area contributed by atoms with Gasteiger partial charge in [0.25, 0.3) is 0 Å². The number of methoxy groups -OCH3 is 1. The van der Waals surface area contributed by atoms with Crippen LogP contribution in [0.2, 0.25) is 0 Å². The minimum Gasteiger partial charge on any atom is -0.479 e. The Hall–Kier alpha value is -1.85. The van der Waals surface area contributed by atoms with Crippen LogP contribution in [0.25, 0.3) is 0 Å². The summed E-state index contributed by atoms with van der Waals surface area (Å²) in [7, 11) is 1.53. The smallest absolute Gasteiger partial charge is 0.250 e. The minimum atomic E-state index is -0.495. The lowest BCUT2D eigenvalue weighted by Crippen LogP contribution is -2.53. The third-order valence-electron chi connectivity index (χ3n) is 3.74. The predicted molar refractivity (Wildman–Crippen MR) is 66.7 cm³/mol. The Kier molecular flexibility index (Phi) is 2.57. The number of aromatic nitrogens is 2. The van der Waals surface area contributed by atoms with Crippen molar-refractivity contribution in [1.82, 2.24) is 9.97 Å². The Labute approximate surface area is 105 Å². The van der Waals surface area contributed by atoms with Crippen molar-refractivity contribution in [2.45, 2.75) is 37.6 Å². The molecule has 0 atom stereocenters. The van der Waals surface area contributed by atoms with Gasteiger partial charge in [0.1, 0.15) is 17.6 Å². The lowest BCUT2D eigenvalue weighted by atomic mass is 9.80. The van der Waals surface area contributed by atoms with E-state index in [1.165, 1.54) is 19.9 Å². The van der Waals surface area contributed by atoms with Gasteiger partial charge in [-0.3, -0.25) is 4.79 Å². The van der Waals surface area contributed by atoms with E-state index in [1.807, 2.05) is 0 Å². The average Bonchev–Trinajstić information content (AvgIpc) is 2.41. The van der Waals surface area contributed by atoms with Crippen LogP contribution in [0, 0.1) is 0 Å². The molecule has 1 fully saturated rings. The second-order valence-corrected chi connectivity index (χ2v) is 4.83. The first-order valence-electron chi connectivity index (χ1n) is 6.24. The fraction of sp³-hybridized carbons (Fsp3) is 0.583. The molecule has 1 spiro atoms. The van der Waals surface area contributed by atoms with Gasteiger partial charge >= 0.3 is 0 Å². The molecule has 0 saturated heterocycles. The third kappa shape index (κ3) is 1.60. The second-order valence-electron chi connectivity index (χ2n) is 4.83. The number of rotatable bonds is 1. The van der Waals surface area contributed by atoms with E-state index >= 15 is 0 Å². The predicted octanol–water partition coefficient (Wildman–Crippen LogP) is 1.55. The van der Waals surface area contributed by atoms with Gasteiger partial charge in [-0.1, -0.05) is 19.3 Å². The van der Waals surface area contributed by atoms with Crippen LogP contribution in [0.3, 0.4) is 0 Å². The van der Waals surface area contributed by atoms with Crippen LogP contribution in [0.5, 0.6) is 5.88 Å². The Morgan fingerprint density at radius 2 is 2.06 bits per heavy atom. The van der Waals surface area contributed by atoms with Crippen molar-refractivity contribution in [2.24, 2.45) is 0 Å². The molecule has 6 nitrogen and oxygen atoms in total. The van der Waals surface area contributed by atoms with Gasteiger partial charge in [0.2, 0.25) is 11.8 Å². The Bertz CT molecular complexity index is 483. The molecule has 2 heterocycles. The van der Waals surface area contributed by atoms with Crippen molar-refractivity contribution < 1.29 is 9.53 Å². The molecule has 2 N–H and O–H groups in total. The summed E-state index contributed by atoms with van der Waals surface area (Å²) in [6.45, 7) is 0. The van der Waals surface area contributed by atoms with Crippen LogP contribution in [-0.2, 0) is 4.79 Å². The van der Waals surface area contributed by atoms with Crippen LogP contribution in [0.15, 0.2) is 6.33 Å². The normalized spacial score (nSPS) is 20.8. The van der Waals surface area contributed by atoms with Gasteiger partial charge < -0.3 is 15.4 Å². The van der Waals surface area contributed by atoms with Gasteiger partial charge in [-0.05, 0) is 12.8 Å². The van der Waals surface area contributed by atoms with E-state index in [9.17, 15) is 4.79 Å². The summed E-state index contributed by atoms with van der Waals surface area (Å²) < 4.78 is 5.13. The number of nitrogens with zero attached hydrogens (tertiary/aromatic N) is 2. The summed E-state index contributed by atoms with van der Waals surface area (Å²) >= 11 is 0. The van der Waals surface area contributed by atoms with Gasteiger partial charge in [0.05, 0.1) is 7.11 Å². The molecule has 1 aromatic rings. The summed E-state index contributed by atoms with van der Waals surface area (Å²) in [4.78, 5) is 20.5. The molecule has 0 unspecified atom stereocenters. The van der Waals surface area contributed by atoms with Crippen molar-refractivity contribution in [3.63, 3.8) is 0 Å². The topological polar surface area (TPSA) is 76.1 Å². The number of hydrogen-bond donors (Lipinski definition) is 2. The second kappa shape index (κ2) is 4.12. The molecule has 2 aliphatic rings. The molecule has 1 amide bonds. The zero-order valence-corrected chi connectivity index (χ0v) is 10.3. The van der Waals surface area contributed by atoms with E-state index in [0.29, 0.717) is 17.4 Å². The van der Waals surface area contributed by atoms with Crippen LogP contribution in [-0.4, -0.2) is 28.5 Å². The van der Waals surface area contributed by atoms with Gasteiger partial charge in [-0.25, -0.2) is 4.98 Å². The summed E-state index contributed by atoms with van der Waals surface area (Å²) in [6.07, 6.45) is 6.47. The minimum absolute atomic E-state index is 0.00259. The molecule has 1 aliphatic carbocycles. The summed E-state index contributed by atoms with van der Waals surface area (Å²) in [5.74, 6) is 1.05. The van der Waals surface area contributed by atoms with Gasteiger partial charge in [0.15, 0.2) is 5.82 Å². The number of amides is 1. The Morgan fingerprint density at radius 1 is 1.28 bits per heavy atom. The van der Waals surface area contributed by atoms with Crippen molar-refractivity contribution >= 4 is 17.4 Å². The highest BCUT2D eigenvalue weighted by Gasteiger charge is 2.44. The molecule has 3 rings (SSSR count). The maximum atomic E-state index is 12.3. The van der Waals surface area contributed by atoms with Crippen molar-refractivity contribution in [1.29, 1.82) is 0 Å². The quantitative estimate of drug-likeness (QED) is 0.788. The first kappa shape index (κ1) is 11.3. The van der Waals surface area contributed by atoms with Crippen molar-refractivity contribution in [3.8, 4) is 5.88 Å². The molecular weight excluding hydrogens is 232 g/mol. The van der Waals surface area contributed by atoms with E-state index in [-0.39, 0.29) is 5.91 Å². The molecule has 0 aromatic carbocycles. The van der Waals surface area contributed by atoms with E-state index in [0.717, 1.165) is 25.7 Å². The molecule has 1 aliphatic heterocycles. The summed E-state index contributed by atoms with van der Waals surface area (Å²) in [5.41, 5.74) is 0.0474. The molecule has 6 heteroatoms. The van der Waals surface area contributed by atoms with Gasteiger partial charge in [-0.15, -0.1) is 0 Å². The maximum Gasteiger partial charge on any atom is 0.250 e. The Morgan fingerprint density at radius 3 is 2.78 bits per heavy atom. The number of carbonyl (C=O) groups is 1. The average molecular weight is 248 g/mol. The zero-order chi connectivity index (χ0) is 12.6. The number of carbonyl (C=O) groups excluding carboxylic acids is 1.